The maximum absolute atomic E-state index is 12.6. The number of hydrogen-bond donors (Lipinski definition) is 0. The Balaban J connectivity index is 3.13. The minimum absolute atomic E-state index is 0.303. The number of likely N-dealkylation sites (N-methyl/N-ethyl adjacent to an activating group) is 1. The molecule has 124 valence electrons. The molecule has 1 rings (SSSR count). The Morgan fingerprint density at radius 2 is 1.68 bits per heavy atom. The van der Waals surface area contributed by atoms with E-state index in [4.69, 9.17) is 9.15 Å². The summed E-state index contributed by atoms with van der Waals surface area (Å²) in [6.07, 6.45) is -5.20. The molecule has 1 heterocycles. The normalized spacial score (nSPS) is 15.1. The van der Waals surface area contributed by atoms with Crippen LogP contribution in [-0.2, 0) is 21.2 Å². The summed E-state index contributed by atoms with van der Waals surface area (Å²) < 4.78 is 47.6. The van der Waals surface area contributed by atoms with Crippen LogP contribution in [0.25, 0.3) is 0 Å². The van der Waals surface area contributed by atoms with E-state index in [2.05, 4.69) is 0 Å². The summed E-state index contributed by atoms with van der Waals surface area (Å²) >= 11 is 0. The zero-order valence-electron chi connectivity index (χ0n) is 12.9. The Bertz CT molecular complexity index is 559. The van der Waals surface area contributed by atoms with Crippen LogP contribution in [0.3, 0.4) is 0 Å². The number of carbonyl (C=O) groups excluding carboxylic acids is 2. The van der Waals surface area contributed by atoms with E-state index in [1.807, 2.05) is 0 Å². The number of halogens is 3. The second-order valence-electron chi connectivity index (χ2n) is 5.97. The number of alkyl halides is 3. The molecule has 1 aromatic rings. The minimum atomic E-state index is -4.67. The average molecular weight is 321 g/mol. The van der Waals surface area contributed by atoms with Crippen molar-refractivity contribution in [3.05, 3.63) is 23.7 Å². The standard InChI is InChI=1S/C14H18F3NO4/c1-12(2,3)22-11(20)18(5)13(4,8-19)9-6-7-10(21-9)14(15,16)17/h6-8H,1-5H3. The van der Waals surface area contributed by atoms with Gasteiger partial charge in [0.15, 0.2) is 11.8 Å². The van der Waals surface area contributed by atoms with Crippen LogP contribution < -0.4 is 0 Å². The van der Waals surface area contributed by atoms with Gasteiger partial charge in [-0.05, 0) is 39.8 Å². The summed E-state index contributed by atoms with van der Waals surface area (Å²) in [6, 6.07) is 1.72. The van der Waals surface area contributed by atoms with Gasteiger partial charge >= 0.3 is 12.3 Å². The van der Waals surface area contributed by atoms with Crippen LogP contribution in [0.2, 0.25) is 0 Å². The van der Waals surface area contributed by atoms with Crippen molar-refractivity contribution in [3.8, 4) is 0 Å². The molecule has 0 radical (unpaired) electrons. The summed E-state index contributed by atoms with van der Waals surface area (Å²) in [4.78, 5) is 24.3. The first-order valence-electron chi connectivity index (χ1n) is 6.42. The monoisotopic (exact) mass is 321 g/mol. The molecule has 0 aliphatic carbocycles. The number of hydrogen-bond acceptors (Lipinski definition) is 4. The van der Waals surface area contributed by atoms with Crippen molar-refractivity contribution in [1.29, 1.82) is 0 Å². The first-order valence-corrected chi connectivity index (χ1v) is 6.42. The quantitative estimate of drug-likeness (QED) is 0.798. The van der Waals surface area contributed by atoms with Crippen LogP contribution in [0, 0.1) is 0 Å². The third kappa shape index (κ3) is 3.80. The largest absolute Gasteiger partial charge is 0.454 e. The molecule has 0 aliphatic heterocycles. The van der Waals surface area contributed by atoms with E-state index in [1.165, 1.54) is 14.0 Å². The Labute approximate surface area is 126 Å². The predicted molar refractivity (Wildman–Crippen MR) is 71.1 cm³/mol. The molecule has 0 spiro atoms. The van der Waals surface area contributed by atoms with Crippen LogP contribution >= 0.6 is 0 Å². The topological polar surface area (TPSA) is 59.8 Å². The third-order valence-corrected chi connectivity index (χ3v) is 2.98. The van der Waals surface area contributed by atoms with Crippen LogP contribution in [0.5, 0.6) is 0 Å². The molecule has 0 aromatic carbocycles. The molecule has 0 saturated heterocycles. The predicted octanol–water partition coefficient (Wildman–Crippen LogP) is 3.58. The van der Waals surface area contributed by atoms with E-state index >= 15 is 0 Å². The molecule has 0 saturated carbocycles. The number of nitrogens with zero attached hydrogens (tertiary/aromatic N) is 1. The van der Waals surface area contributed by atoms with E-state index in [0.29, 0.717) is 12.4 Å². The maximum Gasteiger partial charge on any atom is 0.449 e. The molecule has 22 heavy (non-hydrogen) atoms. The molecule has 0 N–H and O–H groups in total. The van der Waals surface area contributed by atoms with Crippen LogP contribution in [0.15, 0.2) is 16.5 Å². The highest BCUT2D eigenvalue weighted by Gasteiger charge is 2.42. The lowest BCUT2D eigenvalue weighted by molar-refractivity contribution is -0.154. The molecule has 0 bridgehead atoms. The SMILES string of the molecule is CN(C(=O)OC(C)(C)C)C(C)(C=O)c1ccc(C(F)(F)F)o1. The van der Waals surface area contributed by atoms with Gasteiger partial charge in [0.05, 0.1) is 0 Å². The van der Waals surface area contributed by atoms with Gasteiger partial charge in [0.1, 0.15) is 11.4 Å². The van der Waals surface area contributed by atoms with Crippen molar-refractivity contribution < 1.29 is 31.9 Å². The van der Waals surface area contributed by atoms with E-state index in [1.54, 1.807) is 20.8 Å². The molecular weight excluding hydrogens is 303 g/mol. The highest BCUT2D eigenvalue weighted by Crippen LogP contribution is 2.35. The molecular formula is C14H18F3NO4. The van der Waals surface area contributed by atoms with Gasteiger partial charge in [-0.15, -0.1) is 0 Å². The van der Waals surface area contributed by atoms with Crippen LogP contribution in [-0.4, -0.2) is 29.9 Å². The van der Waals surface area contributed by atoms with Gasteiger partial charge in [0.2, 0.25) is 5.76 Å². The van der Waals surface area contributed by atoms with E-state index in [9.17, 15) is 22.8 Å². The number of amides is 1. The van der Waals surface area contributed by atoms with Crippen LogP contribution in [0.4, 0.5) is 18.0 Å². The number of ether oxygens (including phenoxy) is 1. The number of rotatable bonds is 3. The van der Waals surface area contributed by atoms with E-state index in [0.717, 1.165) is 11.0 Å². The minimum Gasteiger partial charge on any atom is -0.454 e. The maximum atomic E-state index is 12.6. The van der Waals surface area contributed by atoms with Gasteiger partial charge in [-0.2, -0.15) is 13.2 Å². The summed E-state index contributed by atoms with van der Waals surface area (Å²) in [5.74, 6) is -1.55. The second-order valence-corrected chi connectivity index (χ2v) is 5.97. The highest BCUT2D eigenvalue weighted by molar-refractivity contribution is 5.77. The van der Waals surface area contributed by atoms with Crippen molar-refractivity contribution in [2.45, 2.75) is 45.0 Å². The lowest BCUT2D eigenvalue weighted by Gasteiger charge is -2.33. The molecule has 1 aromatic heterocycles. The number of aldehydes is 1. The highest BCUT2D eigenvalue weighted by atomic mass is 19.4. The van der Waals surface area contributed by atoms with Crippen LogP contribution in [0.1, 0.15) is 39.2 Å². The summed E-state index contributed by atoms with van der Waals surface area (Å²) in [5.41, 5.74) is -2.53. The summed E-state index contributed by atoms with van der Waals surface area (Å²) in [7, 11) is 1.25. The molecule has 0 aliphatic rings. The fraction of sp³-hybridized carbons (Fsp3) is 0.571. The Hall–Kier alpha value is -1.99. The lowest BCUT2D eigenvalue weighted by Crippen LogP contribution is -2.48. The van der Waals surface area contributed by atoms with Crippen molar-refractivity contribution in [2.75, 3.05) is 7.05 Å². The lowest BCUT2D eigenvalue weighted by atomic mass is 9.99. The van der Waals surface area contributed by atoms with Crippen molar-refractivity contribution in [3.63, 3.8) is 0 Å². The Morgan fingerprint density at radius 3 is 2.05 bits per heavy atom. The molecule has 5 nitrogen and oxygen atoms in total. The molecule has 8 heteroatoms. The first kappa shape index (κ1) is 18.1. The zero-order valence-corrected chi connectivity index (χ0v) is 12.9. The molecule has 1 unspecified atom stereocenters. The van der Waals surface area contributed by atoms with E-state index < -0.39 is 29.2 Å². The molecule has 1 amide bonds. The Morgan fingerprint density at radius 1 is 1.18 bits per heavy atom. The smallest absolute Gasteiger partial charge is 0.449 e. The fourth-order valence-corrected chi connectivity index (χ4v) is 1.58. The van der Waals surface area contributed by atoms with Gasteiger partial charge in [-0.3, -0.25) is 4.90 Å². The third-order valence-electron chi connectivity index (χ3n) is 2.98. The zero-order chi connectivity index (χ0) is 17.3. The second kappa shape index (κ2) is 5.66. The van der Waals surface area contributed by atoms with Crippen molar-refractivity contribution >= 4 is 12.4 Å². The first-order chi connectivity index (χ1) is 9.81. The summed E-state index contributed by atoms with van der Waals surface area (Å²) in [6.45, 7) is 6.16. The van der Waals surface area contributed by atoms with Gasteiger partial charge in [0, 0.05) is 7.05 Å². The Kier molecular flexibility index (Phi) is 4.65. The van der Waals surface area contributed by atoms with Gasteiger partial charge in [0.25, 0.3) is 0 Å². The van der Waals surface area contributed by atoms with E-state index in [-0.39, 0.29) is 5.76 Å². The number of carbonyl (C=O) groups is 2. The summed E-state index contributed by atoms with van der Waals surface area (Å²) in [5, 5.41) is 0. The number of furan rings is 1. The van der Waals surface area contributed by atoms with Gasteiger partial charge < -0.3 is 13.9 Å². The average Bonchev–Trinajstić information content (AvgIpc) is 2.84. The van der Waals surface area contributed by atoms with Gasteiger partial charge in [-0.25, -0.2) is 4.79 Å². The van der Waals surface area contributed by atoms with Crippen molar-refractivity contribution in [2.24, 2.45) is 0 Å². The molecule has 1 atom stereocenters. The van der Waals surface area contributed by atoms with Gasteiger partial charge in [-0.1, -0.05) is 0 Å². The fourth-order valence-electron chi connectivity index (χ4n) is 1.58. The molecule has 0 fully saturated rings. The van der Waals surface area contributed by atoms with Crippen molar-refractivity contribution in [1.82, 2.24) is 4.90 Å².